The Labute approximate surface area is 172 Å². The fraction of sp³-hybridized carbons (Fsp3) is 0.200. The summed E-state index contributed by atoms with van der Waals surface area (Å²) in [7, 11) is 0. The summed E-state index contributed by atoms with van der Waals surface area (Å²) in [6.45, 7) is 2.96. The van der Waals surface area contributed by atoms with Crippen LogP contribution in [0.3, 0.4) is 0 Å². The van der Waals surface area contributed by atoms with Crippen LogP contribution < -0.4 is 16.1 Å². The summed E-state index contributed by atoms with van der Waals surface area (Å²) in [6.07, 6.45) is -0.0721. The predicted molar refractivity (Wildman–Crippen MR) is 112 cm³/mol. The molecule has 0 spiro atoms. The number of nitro groups is 1. The van der Waals surface area contributed by atoms with E-state index >= 15 is 0 Å². The zero-order valence-electron chi connectivity index (χ0n) is 16.5. The maximum atomic E-state index is 12.2. The highest BCUT2D eigenvalue weighted by atomic mass is 16.6. The van der Waals surface area contributed by atoms with Gasteiger partial charge in [0.1, 0.15) is 0 Å². The first kappa shape index (κ1) is 22.2. The molecular weight excluding hydrogens is 390 g/mol. The first-order valence-electron chi connectivity index (χ1n) is 8.96. The summed E-state index contributed by atoms with van der Waals surface area (Å²) < 4.78 is 0. The zero-order chi connectivity index (χ0) is 22.1. The van der Waals surface area contributed by atoms with Crippen LogP contribution in [0.2, 0.25) is 0 Å². The molecule has 3 amide bonds. The average Bonchev–Trinajstić information content (AvgIpc) is 2.68. The molecule has 0 aromatic heterocycles. The Hall–Kier alpha value is -4.08. The van der Waals surface area contributed by atoms with Crippen molar-refractivity contribution in [3.63, 3.8) is 0 Å². The maximum absolute atomic E-state index is 12.2. The van der Waals surface area contributed by atoms with Gasteiger partial charge in [0.15, 0.2) is 0 Å². The fourth-order valence-electron chi connectivity index (χ4n) is 2.48. The van der Waals surface area contributed by atoms with Gasteiger partial charge in [-0.2, -0.15) is 5.10 Å². The molecule has 30 heavy (non-hydrogen) atoms. The van der Waals surface area contributed by atoms with Gasteiger partial charge in [0, 0.05) is 24.8 Å². The number of nitrogens with one attached hydrogen (secondary N) is 3. The molecule has 0 bridgehead atoms. The number of para-hydroxylation sites is 2. The summed E-state index contributed by atoms with van der Waals surface area (Å²) in [5, 5.41) is 19.8. The molecule has 0 aliphatic rings. The summed E-state index contributed by atoms with van der Waals surface area (Å²) >= 11 is 0. The number of nitrogens with zero attached hydrogens (tertiary/aromatic N) is 2. The van der Waals surface area contributed by atoms with E-state index in [0.717, 1.165) is 0 Å². The van der Waals surface area contributed by atoms with E-state index < -0.39 is 10.8 Å². The summed E-state index contributed by atoms with van der Waals surface area (Å²) in [4.78, 5) is 45.5. The second-order valence-electron chi connectivity index (χ2n) is 6.43. The van der Waals surface area contributed by atoms with Crippen LogP contribution in [0.1, 0.15) is 25.8 Å². The van der Waals surface area contributed by atoms with Crippen molar-refractivity contribution < 1.29 is 19.3 Å². The van der Waals surface area contributed by atoms with Gasteiger partial charge in [0.2, 0.25) is 17.7 Å². The van der Waals surface area contributed by atoms with E-state index in [1.807, 2.05) is 0 Å². The van der Waals surface area contributed by atoms with Crippen LogP contribution in [-0.2, 0) is 20.8 Å². The first-order valence-corrected chi connectivity index (χ1v) is 8.96. The van der Waals surface area contributed by atoms with Crippen LogP contribution in [0.4, 0.5) is 17.1 Å². The van der Waals surface area contributed by atoms with Crippen LogP contribution in [-0.4, -0.2) is 28.4 Å². The van der Waals surface area contributed by atoms with Gasteiger partial charge in [-0.05, 0) is 24.6 Å². The number of amides is 3. The minimum absolute atomic E-state index is 0.00887. The van der Waals surface area contributed by atoms with Gasteiger partial charge in [-0.25, -0.2) is 5.43 Å². The molecule has 10 nitrogen and oxygen atoms in total. The van der Waals surface area contributed by atoms with Crippen LogP contribution in [0, 0.1) is 10.1 Å². The Balaban J connectivity index is 1.87. The van der Waals surface area contributed by atoms with Crippen LogP contribution in [0.5, 0.6) is 0 Å². The lowest BCUT2D eigenvalue weighted by Crippen LogP contribution is -2.23. The zero-order valence-corrected chi connectivity index (χ0v) is 16.5. The molecule has 0 aliphatic heterocycles. The van der Waals surface area contributed by atoms with Crippen molar-refractivity contribution in [1.29, 1.82) is 0 Å². The SMILES string of the molecule is CC(=O)Nc1ccccc1NC(=O)C/C(C)=N\NC(=O)Cc1ccc([N+](=O)[O-])cc1. The van der Waals surface area contributed by atoms with Gasteiger partial charge in [0.25, 0.3) is 5.69 Å². The standard InChI is InChI=1S/C20H21N5O5/c1-13(11-19(27)22-18-6-4-3-5-17(18)21-14(2)26)23-24-20(28)12-15-7-9-16(10-8-15)25(29)30/h3-10H,11-12H2,1-2H3,(H,21,26)(H,22,27)(H,24,28)/b23-13-. The van der Waals surface area contributed by atoms with Gasteiger partial charge in [-0.15, -0.1) is 0 Å². The van der Waals surface area contributed by atoms with Crippen molar-refractivity contribution >= 4 is 40.5 Å². The van der Waals surface area contributed by atoms with Crippen molar-refractivity contribution in [2.45, 2.75) is 26.7 Å². The van der Waals surface area contributed by atoms with Gasteiger partial charge < -0.3 is 10.6 Å². The molecular formula is C20H21N5O5. The van der Waals surface area contributed by atoms with Crippen molar-refractivity contribution in [3.05, 3.63) is 64.2 Å². The minimum Gasteiger partial charge on any atom is -0.325 e. The van der Waals surface area contributed by atoms with Gasteiger partial charge >= 0.3 is 0 Å². The highest BCUT2D eigenvalue weighted by molar-refractivity contribution is 6.07. The van der Waals surface area contributed by atoms with Crippen LogP contribution >= 0.6 is 0 Å². The molecule has 0 radical (unpaired) electrons. The molecule has 0 atom stereocenters. The molecule has 10 heteroatoms. The molecule has 3 N–H and O–H groups in total. The third kappa shape index (κ3) is 7.15. The quantitative estimate of drug-likeness (QED) is 0.348. The highest BCUT2D eigenvalue weighted by Crippen LogP contribution is 2.21. The van der Waals surface area contributed by atoms with E-state index in [-0.39, 0.29) is 30.3 Å². The van der Waals surface area contributed by atoms with E-state index in [1.165, 1.54) is 31.2 Å². The van der Waals surface area contributed by atoms with E-state index in [9.17, 15) is 24.5 Å². The third-order valence-electron chi connectivity index (χ3n) is 3.81. The monoisotopic (exact) mass is 411 g/mol. The Morgan fingerprint density at radius 3 is 2.10 bits per heavy atom. The lowest BCUT2D eigenvalue weighted by atomic mass is 10.1. The molecule has 156 valence electrons. The lowest BCUT2D eigenvalue weighted by molar-refractivity contribution is -0.384. The number of rotatable bonds is 8. The number of non-ortho nitro benzene ring substituents is 1. The predicted octanol–water partition coefficient (Wildman–Crippen LogP) is 2.62. The largest absolute Gasteiger partial charge is 0.325 e. The number of hydrogen-bond acceptors (Lipinski definition) is 6. The lowest BCUT2D eigenvalue weighted by Gasteiger charge is -2.11. The molecule has 0 saturated heterocycles. The molecule has 0 fully saturated rings. The van der Waals surface area contributed by atoms with E-state index in [2.05, 4.69) is 21.2 Å². The Kier molecular flexibility index (Phi) is 7.74. The van der Waals surface area contributed by atoms with Crippen molar-refractivity contribution in [1.82, 2.24) is 5.43 Å². The van der Waals surface area contributed by atoms with E-state index in [4.69, 9.17) is 0 Å². The Bertz CT molecular complexity index is 985. The fourth-order valence-corrected chi connectivity index (χ4v) is 2.48. The second-order valence-corrected chi connectivity index (χ2v) is 6.43. The maximum Gasteiger partial charge on any atom is 0.269 e. The van der Waals surface area contributed by atoms with E-state index in [0.29, 0.717) is 22.6 Å². The molecule has 0 aliphatic carbocycles. The minimum atomic E-state index is -0.517. The average molecular weight is 411 g/mol. The number of hydrogen-bond donors (Lipinski definition) is 3. The molecule has 2 aromatic rings. The normalized spacial score (nSPS) is 10.8. The number of carbonyl (C=O) groups is 3. The van der Waals surface area contributed by atoms with Crippen LogP contribution in [0.15, 0.2) is 53.6 Å². The van der Waals surface area contributed by atoms with Gasteiger partial charge in [0.05, 0.1) is 29.1 Å². The smallest absolute Gasteiger partial charge is 0.269 e. The number of hydrazone groups is 1. The summed E-state index contributed by atoms with van der Waals surface area (Å²) in [6, 6.07) is 12.4. The van der Waals surface area contributed by atoms with E-state index in [1.54, 1.807) is 31.2 Å². The van der Waals surface area contributed by atoms with Gasteiger partial charge in [-0.1, -0.05) is 24.3 Å². The number of nitro benzene ring substituents is 1. The third-order valence-corrected chi connectivity index (χ3v) is 3.81. The first-order chi connectivity index (χ1) is 14.2. The Morgan fingerprint density at radius 1 is 0.933 bits per heavy atom. The van der Waals surface area contributed by atoms with Crippen molar-refractivity contribution in [3.8, 4) is 0 Å². The molecule has 0 unspecified atom stereocenters. The highest BCUT2D eigenvalue weighted by Gasteiger charge is 2.10. The second kappa shape index (κ2) is 10.5. The molecule has 0 saturated carbocycles. The topological polar surface area (TPSA) is 143 Å². The van der Waals surface area contributed by atoms with Gasteiger partial charge in [-0.3, -0.25) is 24.5 Å². The number of anilines is 2. The molecule has 2 rings (SSSR count). The van der Waals surface area contributed by atoms with Crippen molar-refractivity contribution in [2.75, 3.05) is 10.6 Å². The molecule has 0 heterocycles. The summed E-state index contributed by atoms with van der Waals surface area (Å²) in [5.41, 5.74) is 4.20. The molecule has 2 aromatic carbocycles. The number of carbonyl (C=O) groups excluding carboxylic acids is 3. The van der Waals surface area contributed by atoms with Crippen LogP contribution in [0.25, 0.3) is 0 Å². The number of benzene rings is 2. The summed E-state index contributed by atoms with van der Waals surface area (Å²) in [5.74, 6) is -1.04. The Morgan fingerprint density at radius 2 is 1.53 bits per heavy atom. The van der Waals surface area contributed by atoms with Crippen molar-refractivity contribution in [2.24, 2.45) is 5.10 Å².